The van der Waals surface area contributed by atoms with Crippen LogP contribution in [0.5, 0.6) is 0 Å². The maximum Gasteiger partial charge on any atom is 0.354 e. The lowest BCUT2D eigenvalue weighted by Gasteiger charge is -2.20. The van der Waals surface area contributed by atoms with E-state index in [2.05, 4.69) is 14.8 Å². The van der Waals surface area contributed by atoms with E-state index in [0.29, 0.717) is 17.5 Å². The Labute approximate surface area is 232 Å². The highest BCUT2D eigenvalue weighted by atomic mass is 32.2. The summed E-state index contributed by atoms with van der Waals surface area (Å²) in [5.41, 5.74) is 6.75. The molecule has 0 bridgehead atoms. The number of nitrogen functional groups attached to an aromatic ring is 1. The van der Waals surface area contributed by atoms with Gasteiger partial charge in [0.05, 0.1) is 24.5 Å². The van der Waals surface area contributed by atoms with Crippen LogP contribution in [0.4, 0.5) is 5.69 Å². The molecule has 11 nitrogen and oxygen atoms in total. The number of anilines is 1. The van der Waals surface area contributed by atoms with Gasteiger partial charge in [0.1, 0.15) is 5.84 Å². The van der Waals surface area contributed by atoms with Gasteiger partial charge in [0, 0.05) is 22.4 Å². The summed E-state index contributed by atoms with van der Waals surface area (Å²) in [5, 5.41) is 22.5. The molecule has 0 aliphatic rings. The fourth-order valence-electron chi connectivity index (χ4n) is 3.79. The van der Waals surface area contributed by atoms with Gasteiger partial charge in [-0.1, -0.05) is 38.1 Å². The minimum absolute atomic E-state index is 0.0239. The molecule has 40 heavy (non-hydrogen) atoms. The van der Waals surface area contributed by atoms with Gasteiger partial charge in [-0.2, -0.15) is 8.42 Å². The molecule has 0 aromatic heterocycles. The number of rotatable bonds is 10. The first kappa shape index (κ1) is 30.0. The van der Waals surface area contributed by atoms with Crippen LogP contribution in [0.2, 0.25) is 0 Å². The summed E-state index contributed by atoms with van der Waals surface area (Å²) in [4.78, 5) is 39.1. The summed E-state index contributed by atoms with van der Waals surface area (Å²) in [6.07, 6.45) is 0.717. The highest BCUT2D eigenvalue weighted by Crippen LogP contribution is 2.30. The van der Waals surface area contributed by atoms with Crippen molar-refractivity contribution in [3.8, 4) is 11.1 Å². The molecular weight excluding hydrogens is 536 g/mol. The van der Waals surface area contributed by atoms with Crippen LogP contribution in [0.25, 0.3) is 11.1 Å². The van der Waals surface area contributed by atoms with Gasteiger partial charge in [-0.15, -0.1) is 0 Å². The molecule has 0 radical (unpaired) electrons. The highest BCUT2D eigenvalue weighted by molar-refractivity contribution is 7.86. The first-order valence-corrected chi connectivity index (χ1v) is 14.0. The molecule has 0 aliphatic heterocycles. The topological polar surface area (TPSA) is 189 Å². The second kappa shape index (κ2) is 12.5. The van der Waals surface area contributed by atoms with Crippen LogP contribution >= 0.6 is 0 Å². The predicted molar refractivity (Wildman–Crippen MR) is 151 cm³/mol. The fourth-order valence-corrected chi connectivity index (χ4v) is 4.16. The van der Waals surface area contributed by atoms with Gasteiger partial charge in [0.2, 0.25) is 0 Å². The SMILES string of the molecule is CC(C)[C@@H](CO)NC(=O)c1ccc(-c2ccccc2C(=O)Nc2ccc(C(=N)N)cc2)c(C(=O)OS(C)(=O)=O)c1. The number of hydrogen-bond acceptors (Lipinski definition) is 8. The Morgan fingerprint density at radius 2 is 1.52 bits per heavy atom. The number of hydrogen-bond donors (Lipinski definition) is 5. The Balaban J connectivity index is 2.05. The number of amides is 2. The molecule has 3 aromatic carbocycles. The van der Waals surface area contributed by atoms with Gasteiger partial charge >= 0.3 is 16.1 Å². The van der Waals surface area contributed by atoms with E-state index in [1.807, 2.05) is 13.8 Å². The molecule has 210 valence electrons. The number of carbonyl (C=O) groups is 3. The van der Waals surface area contributed by atoms with Crippen LogP contribution in [0.3, 0.4) is 0 Å². The van der Waals surface area contributed by atoms with Crippen LogP contribution in [0, 0.1) is 11.3 Å². The number of benzene rings is 3. The number of nitrogens with two attached hydrogens (primary N) is 1. The van der Waals surface area contributed by atoms with Crippen molar-refractivity contribution in [2.75, 3.05) is 18.2 Å². The minimum atomic E-state index is -4.20. The molecule has 1 atom stereocenters. The quantitative estimate of drug-likeness (QED) is 0.141. The predicted octanol–water partition coefficient (Wildman–Crippen LogP) is 2.75. The summed E-state index contributed by atoms with van der Waals surface area (Å²) in [6.45, 7) is 3.34. The molecule has 12 heteroatoms. The lowest BCUT2D eigenvalue weighted by molar-refractivity contribution is 0.0748. The molecular formula is C28H30N4O7S. The number of aliphatic hydroxyl groups excluding tert-OH is 1. The highest BCUT2D eigenvalue weighted by Gasteiger charge is 2.24. The Kier molecular flexibility index (Phi) is 9.40. The molecule has 0 unspecified atom stereocenters. The first-order chi connectivity index (χ1) is 18.8. The van der Waals surface area contributed by atoms with Crippen LogP contribution < -0.4 is 16.4 Å². The Bertz CT molecular complexity index is 1550. The van der Waals surface area contributed by atoms with E-state index in [0.717, 1.165) is 0 Å². The third-order valence-corrected chi connectivity index (χ3v) is 6.42. The van der Waals surface area contributed by atoms with Gasteiger partial charge in [-0.25, -0.2) is 4.79 Å². The van der Waals surface area contributed by atoms with Crippen LogP contribution in [-0.4, -0.2) is 56.0 Å². The van der Waals surface area contributed by atoms with Gasteiger partial charge in [0.15, 0.2) is 0 Å². The Morgan fingerprint density at radius 1 is 0.925 bits per heavy atom. The maximum absolute atomic E-state index is 13.3. The average molecular weight is 567 g/mol. The largest absolute Gasteiger partial charge is 0.394 e. The van der Waals surface area contributed by atoms with Crippen molar-refractivity contribution >= 4 is 39.4 Å². The fraction of sp³-hybridized carbons (Fsp3) is 0.214. The third kappa shape index (κ3) is 7.52. The minimum Gasteiger partial charge on any atom is -0.394 e. The normalized spacial score (nSPS) is 11.9. The molecule has 0 spiro atoms. The number of aliphatic hydroxyl groups is 1. The lowest BCUT2D eigenvalue weighted by Crippen LogP contribution is -2.41. The van der Waals surface area contributed by atoms with Gasteiger partial charge in [-0.05, 0) is 59.5 Å². The van der Waals surface area contributed by atoms with E-state index in [1.54, 1.807) is 42.5 Å². The van der Waals surface area contributed by atoms with Crippen molar-refractivity contribution in [2.24, 2.45) is 11.7 Å². The van der Waals surface area contributed by atoms with Crippen LogP contribution in [0.15, 0.2) is 66.7 Å². The van der Waals surface area contributed by atoms with Crippen molar-refractivity contribution in [3.05, 3.63) is 89.0 Å². The summed E-state index contributed by atoms with van der Waals surface area (Å²) in [6, 6.07) is 16.1. The summed E-state index contributed by atoms with van der Waals surface area (Å²) in [5.74, 6) is -2.55. The molecule has 6 N–H and O–H groups in total. The van der Waals surface area contributed by atoms with E-state index in [-0.39, 0.29) is 46.2 Å². The van der Waals surface area contributed by atoms with E-state index in [9.17, 15) is 27.9 Å². The zero-order valence-electron chi connectivity index (χ0n) is 22.1. The monoisotopic (exact) mass is 566 g/mol. The van der Waals surface area contributed by atoms with E-state index in [1.165, 1.54) is 24.3 Å². The van der Waals surface area contributed by atoms with E-state index in [4.69, 9.17) is 11.1 Å². The smallest absolute Gasteiger partial charge is 0.354 e. The Morgan fingerprint density at radius 3 is 2.10 bits per heavy atom. The molecule has 2 amide bonds. The maximum atomic E-state index is 13.3. The second-order valence-corrected chi connectivity index (χ2v) is 10.9. The zero-order chi connectivity index (χ0) is 29.6. The van der Waals surface area contributed by atoms with Gasteiger partial charge in [-0.3, -0.25) is 15.0 Å². The summed E-state index contributed by atoms with van der Waals surface area (Å²) < 4.78 is 28.1. The number of amidine groups is 1. The summed E-state index contributed by atoms with van der Waals surface area (Å²) >= 11 is 0. The lowest BCUT2D eigenvalue weighted by atomic mass is 9.93. The molecule has 3 aromatic rings. The molecule has 0 aliphatic carbocycles. The van der Waals surface area contributed by atoms with Crippen molar-refractivity contribution in [1.82, 2.24) is 5.32 Å². The summed E-state index contributed by atoms with van der Waals surface area (Å²) in [7, 11) is -4.20. The van der Waals surface area contributed by atoms with Crippen molar-refractivity contribution in [2.45, 2.75) is 19.9 Å². The Hall–Kier alpha value is -4.55. The zero-order valence-corrected chi connectivity index (χ0v) is 22.9. The first-order valence-electron chi connectivity index (χ1n) is 12.2. The molecule has 3 rings (SSSR count). The van der Waals surface area contributed by atoms with E-state index < -0.39 is 33.9 Å². The number of carbonyl (C=O) groups excluding carboxylic acids is 3. The van der Waals surface area contributed by atoms with Gasteiger partial charge < -0.3 is 25.7 Å². The number of nitrogens with one attached hydrogen (secondary N) is 3. The molecule has 0 saturated heterocycles. The van der Waals surface area contributed by atoms with Gasteiger partial charge in [0.25, 0.3) is 11.8 Å². The third-order valence-electron chi connectivity index (χ3n) is 5.96. The van der Waals surface area contributed by atoms with Crippen molar-refractivity contribution in [3.63, 3.8) is 0 Å². The molecule has 0 fully saturated rings. The van der Waals surface area contributed by atoms with Crippen LogP contribution in [0.1, 0.15) is 50.5 Å². The molecule has 0 heterocycles. The average Bonchev–Trinajstić information content (AvgIpc) is 2.90. The van der Waals surface area contributed by atoms with Crippen molar-refractivity contribution < 1.29 is 32.1 Å². The second-order valence-electron chi connectivity index (χ2n) is 9.33. The molecule has 0 saturated carbocycles. The van der Waals surface area contributed by atoms with Crippen LogP contribution in [-0.2, 0) is 14.3 Å². The van der Waals surface area contributed by atoms with E-state index >= 15 is 0 Å². The van der Waals surface area contributed by atoms with Crippen molar-refractivity contribution in [1.29, 1.82) is 5.41 Å². The standard InChI is InChI=1S/C28H30N4O7S/c1-16(2)24(15-33)32-26(34)18-10-13-21(23(14-18)28(36)39-40(3,37)38)20-6-4-5-7-22(20)27(35)31-19-11-8-17(9-12-19)25(29)30/h4-14,16,24,33H,15H2,1-3H3,(H3,29,30)(H,31,35)(H,32,34)/t24-/m1/s1.